The van der Waals surface area contributed by atoms with Crippen molar-refractivity contribution in [2.45, 2.75) is 52.3 Å². The third-order valence-corrected chi connectivity index (χ3v) is 8.31. The predicted octanol–water partition coefficient (Wildman–Crippen LogP) is 1.90. The maximum absolute atomic E-state index is 12.5. The van der Waals surface area contributed by atoms with Crippen LogP contribution in [0.4, 0.5) is 5.82 Å². The van der Waals surface area contributed by atoms with Crippen LogP contribution in [0.25, 0.3) is 28.1 Å². The van der Waals surface area contributed by atoms with Crippen LogP contribution >= 0.6 is 0 Å². The van der Waals surface area contributed by atoms with Crippen LogP contribution in [0.2, 0.25) is 0 Å². The molecule has 0 aliphatic carbocycles. The van der Waals surface area contributed by atoms with E-state index in [9.17, 15) is 9.90 Å². The van der Waals surface area contributed by atoms with Crippen LogP contribution in [-0.4, -0.2) is 107 Å². The van der Waals surface area contributed by atoms with Crippen molar-refractivity contribution in [3.8, 4) is 5.95 Å². The Morgan fingerprint density at radius 1 is 1.05 bits per heavy atom. The molecule has 1 aromatic carbocycles. The van der Waals surface area contributed by atoms with Crippen LogP contribution in [0.1, 0.15) is 39.3 Å². The summed E-state index contributed by atoms with van der Waals surface area (Å²) in [7, 11) is 2.01. The second kappa shape index (κ2) is 10.7. The summed E-state index contributed by atoms with van der Waals surface area (Å²) in [5.41, 5.74) is 3.15. The number of carbonyl (C=O) groups is 1. The van der Waals surface area contributed by atoms with Gasteiger partial charge in [-0.3, -0.25) is 14.3 Å². The molecule has 1 unspecified atom stereocenters. The van der Waals surface area contributed by atoms with E-state index in [0.29, 0.717) is 45.3 Å². The fraction of sp³-hybridized carbons (Fsp3) is 0.552. The largest absolute Gasteiger partial charge is 0.384 e. The van der Waals surface area contributed by atoms with Gasteiger partial charge < -0.3 is 24.2 Å². The molecule has 0 radical (unpaired) electrons. The Balaban J connectivity index is 1.42. The van der Waals surface area contributed by atoms with E-state index >= 15 is 0 Å². The molecular weight excluding hydrogens is 522 g/mol. The standard InChI is InChI=1S/C29H39N9O3/c1-6-22-30-20-9-7-8-10-21(20)38(22)28-32-25-24(26(33-28)35-13-15-41-16-14-35)31-23(34(25)5)17-37-12-11-36(18-29(37,3)4)27(40)19(2)39/h7-10,19,39H,6,11-18H2,1-5H3. The van der Waals surface area contributed by atoms with Crippen molar-refractivity contribution in [3.05, 3.63) is 35.9 Å². The number of anilines is 1. The summed E-state index contributed by atoms with van der Waals surface area (Å²) < 4.78 is 9.78. The number of piperazine rings is 1. The molecule has 1 atom stereocenters. The van der Waals surface area contributed by atoms with Gasteiger partial charge in [-0.05, 0) is 32.9 Å². The highest BCUT2D eigenvalue weighted by Crippen LogP contribution is 2.30. The molecular formula is C29H39N9O3. The lowest BCUT2D eigenvalue weighted by Gasteiger charge is -2.47. The number of benzene rings is 1. The van der Waals surface area contributed by atoms with Crippen LogP contribution in [0.3, 0.4) is 0 Å². The summed E-state index contributed by atoms with van der Waals surface area (Å²) in [5.74, 6) is 2.96. The molecule has 2 fully saturated rings. The summed E-state index contributed by atoms with van der Waals surface area (Å²) >= 11 is 0. The Morgan fingerprint density at radius 2 is 1.80 bits per heavy atom. The first-order valence-electron chi connectivity index (χ1n) is 14.4. The van der Waals surface area contributed by atoms with Crippen molar-refractivity contribution in [1.82, 2.24) is 38.9 Å². The number of fused-ring (bicyclic) bond motifs is 2. The minimum atomic E-state index is -0.996. The number of carbonyl (C=O) groups excluding carboxylic acids is 1. The van der Waals surface area contributed by atoms with E-state index in [4.69, 9.17) is 24.7 Å². The van der Waals surface area contributed by atoms with E-state index < -0.39 is 6.10 Å². The fourth-order valence-electron chi connectivity index (χ4n) is 5.96. The Labute approximate surface area is 239 Å². The second-order valence-electron chi connectivity index (χ2n) is 11.6. The van der Waals surface area contributed by atoms with Gasteiger partial charge in [-0.1, -0.05) is 19.1 Å². The van der Waals surface area contributed by atoms with Gasteiger partial charge in [0.25, 0.3) is 5.91 Å². The predicted molar refractivity (Wildman–Crippen MR) is 156 cm³/mol. The highest BCUT2D eigenvalue weighted by atomic mass is 16.5. The molecule has 0 spiro atoms. The van der Waals surface area contributed by atoms with Crippen LogP contribution in [-0.2, 0) is 29.5 Å². The summed E-state index contributed by atoms with van der Waals surface area (Å²) in [6.45, 7) is 13.0. The zero-order chi connectivity index (χ0) is 28.9. The van der Waals surface area contributed by atoms with Gasteiger partial charge in [0.05, 0.1) is 30.8 Å². The van der Waals surface area contributed by atoms with Crippen LogP contribution in [0.15, 0.2) is 24.3 Å². The summed E-state index contributed by atoms with van der Waals surface area (Å²) in [5, 5.41) is 9.83. The first-order valence-corrected chi connectivity index (χ1v) is 14.4. The van der Waals surface area contributed by atoms with E-state index in [2.05, 4.69) is 45.8 Å². The molecule has 0 bridgehead atoms. The van der Waals surface area contributed by atoms with Gasteiger partial charge in [0.1, 0.15) is 17.8 Å². The number of hydrogen-bond donors (Lipinski definition) is 1. The van der Waals surface area contributed by atoms with Crippen LogP contribution < -0.4 is 4.90 Å². The highest BCUT2D eigenvalue weighted by molar-refractivity contribution is 5.86. The molecule has 1 N–H and O–H groups in total. The number of aryl methyl sites for hydroxylation is 2. The monoisotopic (exact) mass is 561 g/mol. The Morgan fingerprint density at radius 3 is 2.51 bits per heavy atom. The van der Waals surface area contributed by atoms with Gasteiger partial charge in [0.2, 0.25) is 5.95 Å². The van der Waals surface area contributed by atoms with Gasteiger partial charge in [-0.2, -0.15) is 9.97 Å². The lowest BCUT2D eigenvalue weighted by atomic mass is 9.98. The zero-order valence-electron chi connectivity index (χ0n) is 24.5. The van der Waals surface area contributed by atoms with E-state index in [1.165, 1.54) is 6.92 Å². The maximum atomic E-state index is 12.5. The van der Waals surface area contributed by atoms with E-state index in [1.54, 1.807) is 4.90 Å². The van der Waals surface area contributed by atoms with Gasteiger partial charge >= 0.3 is 0 Å². The Kier molecular flexibility index (Phi) is 7.16. The number of ether oxygens (including phenoxy) is 1. The number of aliphatic hydroxyl groups excluding tert-OH is 1. The molecule has 1 amide bonds. The Hall–Kier alpha value is -3.61. The number of rotatable bonds is 6. The number of aromatic nitrogens is 6. The average Bonchev–Trinajstić information content (AvgIpc) is 3.50. The minimum Gasteiger partial charge on any atom is -0.384 e. The number of para-hydroxylation sites is 2. The van der Waals surface area contributed by atoms with Crippen molar-refractivity contribution in [3.63, 3.8) is 0 Å². The van der Waals surface area contributed by atoms with Gasteiger partial charge in [0.15, 0.2) is 17.0 Å². The molecule has 218 valence electrons. The van der Waals surface area contributed by atoms with Gasteiger partial charge in [-0.25, -0.2) is 9.97 Å². The van der Waals surface area contributed by atoms with E-state index in [0.717, 1.165) is 59.2 Å². The number of imidazole rings is 2. The lowest BCUT2D eigenvalue weighted by Crippen LogP contribution is -2.61. The molecule has 4 aromatic rings. The lowest BCUT2D eigenvalue weighted by molar-refractivity contribution is -0.144. The second-order valence-corrected chi connectivity index (χ2v) is 11.6. The van der Waals surface area contributed by atoms with Crippen molar-refractivity contribution < 1.29 is 14.6 Å². The van der Waals surface area contributed by atoms with Crippen LogP contribution in [0.5, 0.6) is 0 Å². The summed E-state index contributed by atoms with van der Waals surface area (Å²) in [4.78, 5) is 39.0. The Bertz CT molecular complexity index is 1590. The number of amides is 1. The average molecular weight is 562 g/mol. The number of aliphatic hydroxyl groups is 1. The molecule has 3 aromatic heterocycles. The molecule has 2 aliphatic heterocycles. The van der Waals surface area contributed by atoms with Gasteiger partial charge in [-0.15, -0.1) is 0 Å². The quantitative estimate of drug-likeness (QED) is 0.377. The van der Waals surface area contributed by atoms with E-state index in [-0.39, 0.29) is 11.4 Å². The zero-order valence-corrected chi connectivity index (χ0v) is 24.5. The molecule has 41 heavy (non-hydrogen) atoms. The molecule has 5 heterocycles. The normalized spacial score (nSPS) is 18.9. The molecule has 6 rings (SSSR count). The SMILES string of the molecule is CCc1nc2ccccc2n1-c1nc(N2CCOCC2)c2nc(CN3CCN(C(=O)C(C)O)CC3(C)C)n(C)c2n1. The molecule has 12 heteroatoms. The van der Waals surface area contributed by atoms with Gasteiger partial charge in [0, 0.05) is 51.7 Å². The number of hydrogen-bond acceptors (Lipinski definition) is 9. The minimum absolute atomic E-state index is 0.225. The number of nitrogens with zero attached hydrogens (tertiary/aromatic N) is 9. The smallest absolute Gasteiger partial charge is 0.251 e. The summed E-state index contributed by atoms with van der Waals surface area (Å²) in [6.07, 6.45) is -0.248. The third kappa shape index (κ3) is 4.93. The summed E-state index contributed by atoms with van der Waals surface area (Å²) in [6, 6.07) is 8.09. The van der Waals surface area contributed by atoms with Crippen molar-refractivity contribution in [2.24, 2.45) is 7.05 Å². The van der Waals surface area contributed by atoms with E-state index in [1.807, 2.05) is 25.2 Å². The molecule has 2 aliphatic rings. The topological polar surface area (TPSA) is 118 Å². The maximum Gasteiger partial charge on any atom is 0.251 e. The fourth-order valence-corrected chi connectivity index (χ4v) is 5.96. The van der Waals surface area contributed by atoms with Crippen molar-refractivity contribution in [2.75, 3.05) is 50.8 Å². The van der Waals surface area contributed by atoms with Crippen LogP contribution in [0, 0.1) is 0 Å². The molecule has 12 nitrogen and oxygen atoms in total. The molecule has 2 saturated heterocycles. The third-order valence-electron chi connectivity index (χ3n) is 8.31. The number of morpholine rings is 1. The van der Waals surface area contributed by atoms with Crippen molar-refractivity contribution >= 4 is 33.9 Å². The first kappa shape index (κ1) is 27.6. The molecule has 0 saturated carbocycles. The first-order chi connectivity index (χ1) is 19.7. The van der Waals surface area contributed by atoms with Crippen molar-refractivity contribution in [1.29, 1.82) is 0 Å². The highest BCUT2D eigenvalue weighted by Gasteiger charge is 2.37.